The molecule has 1 fully saturated rings. The van der Waals surface area contributed by atoms with E-state index in [-0.39, 0.29) is 18.1 Å². The number of carboxylic acid groups (broad SMARTS) is 1. The van der Waals surface area contributed by atoms with Gasteiger partial charge in [0.1, 0.15) is 5.60 Å². The van der Waals surface area contributed by atoms with Crippen molar-refractivity contribution < 1.29 is 19.4 Å². The molecule has 2 rings (SSSR count). The summed E-state index contributed by atoms with van der Waals surface area (Å²) in [6.07, 6.45) is 0.957. The molecule has 0 saturated heterocycles. The molecule has 1 aliphatic rings. The van der Waals surface area contributed by atoms with Crippen molar-refractivity contribution in [1.29, 1.82) is 0 Å². The Labute approximate surface area is 167 Å². The van der Waals surface area contributed by atoms with Crippen molar-refractivity contribution in [3.05, 3.63) is 29.8 Å². The molecule has 1 aromatic rings. The van der Waals surface area contributed by atoms with Crippen molar-refractivity contribution in [3.8, 4) is 0 Å². The Morgan fingerprint density at radius 2 is 1.63 bits per heavy atom. The highest BCUT2D eigenvalue weighted by Crippen LogP contribution is 2.58. The highest BCUT2D eigenvalue weighted by molar-refractivity contribution is 7.97. The molecule has 0 aromatic heterocycles. The van der Waals surface area contributed by atoms with Gasteiger partial charge in [-0.25, -0.2) is 9.10 Å². The fourth-order valence-corrected chi connectivity index (χ4v) is 3.51. The maximum atomic E-state index is 12.6. The molecule has 1 saturated carbocycles. The van der Waals surface area contributed by atoms with Gasteiger partial charge >= 0.3 is 6.09 Å². The fraction of sp³-hybridized carbons (Fsp3) is 0.619. The van der Waals surface area contributed by atoms with E-state index in [4.69, 9.17) is 14.6 Å². The van der Waals surface area contributed by atoms with E-state index in [0.717, 1.165) is 4.90 Å². The Morgan fingerprint density at radius 1 is 1.19 bits per heavy atom. The van der Waals surface area contributed by atoms with Crippen molar-refractivity contribution >= 4 is 24.5 Å². The Hall–Kier alpha value is -1.69. The summed E-state index contributed by atoms with van der Waals surface area (Å²) in [5, 5.41) is 6.89. The number of nitrogens with zero attached hydrogens (tertiary/aromatic N) is 1. The van der Waals surface area contributed by atoms with E-state index in [0.29, 0.717) is 11.3 Å². The average Bonchev–Trinajstić information content (AvgIpc) is 3.12. The van der Waals surface area contributed by atoms with E-state index in [2.05, 4.69) is 38.1 Å². The van der Waals surface area contributed by atoms with Gasteiger partial charge in [-0.3, -0.25) is 4.79 Å². The zero-order valence-corrected chi connectivity index (χ0v) is 18.5. The first-order valence-electron chi connectivity index (χ1n) is 9.10. The summed E-state index contributed by atoms with van der Waals surface area (Å²) < 4.78 is 7.28. The van der Waals surface area contributed by atoms with Gasteiger partial charge in [-0.05, 0) is 88.9 Å². The van der Waals surface area contributed by atoms with Gasteiger partial charge in [-0.1, -0.05) is 26.0 Å². The quantitative estimate of drug-likeness (QED) is 0.506. The van der Waals surface area contributed by atoms with Gasteiger partial charge in [0.2, 0.25) is 0 Å². The first kappa shape index (κ1) is 23.3. The first-order chi connectivity index (χ1) is 12.2. The average molecular weight is 396 g/mol. The lowest BCUT2D eigenvalue weighted by atomic mass is 10.0. The van der Waals surface area contributed by atoms with Crippen molar-refractivity contribution in [2.24, 2.45) is 5.41 Å². The summed E-state index contributed by atoms with van der Waals surface area (Å²) in [5.74, 6) is 0.668. The number of amides is 1. The van der Waals surface area contributed by atoms with Gasteiger partial charge in [-0.15, -0.1) is 0 Å². The molecule has 0 radical (unpaired) electrons. The van der Waals surface area contributed by atoms with Gasteiger partial charge in [-0.2, -0.15) is 0 Å². The van der Waals surface area contributed by atoms with E-state index in [9.17, 15) is 4.79 Å². The zero-order valence-electron chi connectivity index (χ0n) is 17.7. The Kier molecular flexibility index (Phi) is 7.39. The molecule has 0 bridgehead atoms. The predicted molar refractivity (Wildman–Crippen MR) is 110 cm³/mol. The number of rotatable bonds is 3. The summed E-state index contributed by atoms with van der Waals surface area (Å²) >= 11 is 1.44. The molecule has 1 aliphatic carbocycles. The number of hydrogen-bond donors (Lipinski definition) is 1. The van der Waals surface area contributed by atoms with Crippen molar-refractivity contribution in [2.75, 3.05) is 0 Å². The fourth-order valence-electron chi connectivity index (χ4n) is 2.65. The maximum Gasteiger partial charge on any atom is 0.421 e. The third-order valence-corrected chi connectivity index (χ3v) is 5.52. The molecular formula is C21H33NO4S. The van der Waals surface area contributed by atoms with Crippen LogP contribution in [0.1, 0.15) is 73.3 Å². The maximum absolute atomic E-state index is 12.6. The Balaban J connectivity index is 0.00000114. The lowest BCUT2D eigenvalue weighted by molar-refractivity contribution is -0.122. The molecule has 6 heteroatoms. The van der Waals surface area contributed by atoms with E-state index in [1.165, 1.54) is 23.9 Å². The molecule has 0 heterocycles. The van der Waals surface area contributed by atoms with Gasteiger partial charge < -0.3 is 9.84 Å². The molecule has 0 aliphatic heterocycles. The Bertz CT molecular complexity index is 642. The van der Waals surface area contributed by atoms with Crippen LogP contribution >= 0.6 is 11.9 Å². The second-order valence-corrected chi connectivity index (χ2v) is 10.5. The van der Waals surface area contributed by atoms with Crippen LogP contribution in [0.4, 0.5) is 4.79 Å². The van der Waals surface area contributed by atoms with Crippen molar-refractivity contribution in [2.45, 2.75) is 83.8 Å². The largest absolute Gasteiger partial charge is 0.483 e. The smallest absolute Gasteiger partial charge is 0.421 e. The number of carbonyl (C=O) groups excluding carboxylic acids is 1. The van der Waals surface area contributed by atoms with Crippen LogP contribution in [0.25, 0.3) is 0 Å². The monoisotopic (exact) mass is 395 g/mol. The molecule has 152 valence electrons. The van der Waals surface area contributed by atoms with Crippen LogP contribution in [-0.2, 0) is 9.53 Å². The minimum atomic E-state index is -0.497. The first-order valence-corrected chi connectivity index (χ1v) is 9.87. The molecule has 5 nitrogen and oxygen atoms in total. The van der Waals surface area contributed by atoms with Crippen LogP contribution < -0.4 is 0 Å². The number of hydrogen-bond acceptors (Lipinski definition) is 4. The molecule has 1 atom stereocenters. The minimum absolute atomic E-state index is 0.250. The van der Waals surface area contributed by atoms with Crippen LogP contribution in [0.3, 0.4) is 0 Å². The molecule has 1 unspecified atom stereocenters. The number of carbonyl (C=O) groups is 2. The molecule has 27 heavy (non-hydrogen) atoms. The number of ether oxygens (including phenoxy) is 1. The molecule has 1 aromatic carbocycles. The lowest BCUT2D eigenvalue weighted by Crippen LogP contribution is -2.43. The van der Waals surface area contributed by atoms with Crippen LogP contribution in [0.15, 0.2) is 29.2 Å². The highest BCUT2D eigenvalue weighted by atomic mass is 32.2. The van der Waals surface area contributed by atoms with Gasteiger partial charge in [0, 0.05) is 10.4 Å². The Morgan fingerprint density at radius 3 is 1.96 bits per heavy atom. The summed E-state index contributed by atoms with van der Waals surface area (Å²) in [4.78, 5) is 22.0. The second kappa shape index (κ2) is 8.55. The third-order valence-electron chi connectivity index (χ3n) is 4.16. The predicted octanol–water partition coefficient (Wildman–Crippen LogP) is 5.94. The van der Waals surface area contributed by atoms with E-state index < -0.39 is 5.60 Å². The minimum Gasteiger partial charge on any atom is -0.483 e. The topological polar surface area (TPSA) is 66.8 Å². The summed E-state index contributed by atoms with van der Waals surface area (Å²) in [7, 11) is 0. The van der Waals surface area contributed by atoms with Crippen molar-refractivity contribution in [1.82, 2.24) is 4.31 Å². The molecule has 1 amide bonds. The van der Waals surface area contributed by atoms with Crippen LogP contribution in [0, 0.1) is 5.41 Å². The second-order valence-electron chi connectivity index (χ2n) is 9.46. The van der Waals surface area contributed by atoms with E-state index in [1.54, 1.807) is 4.31 Å². The number of benzene rings is 1. The third kappa shape index (κ3) is 7.45. The summed E-state index contributed by atoms with van der Waals surface area (Å²) in [6.45, 7) is 16.1. The van der Waals surface area contributed by atoms with Crippen LogP contribution in [0.2, 0.25) is 0 Å². The van der Waals surface area contributed by atoms with Gasteiger partial charge in [0.25, 0.3) is 6.47 Å². The molecular weight excluding hydrogens is 362 g/mol. The highest BCUT2D eigenvalue weighted by Gasteiger charge is 2.46. The van der Waals surface area contributed by atoms with E-state index >= 15 is 0 Å². The molecule has 0 spiro atoms. The zero-order chi connectivity index (χ0) is 21.0. The summed E-state index contributed by atoms with van der Waals surface area (Å²) in [6, 6.07) is 8.60. The van der Waals surface area contributed by atoms with Gasteiger partial charge in [0.15, 0.2) is 0 Å². The summed E-state index contributed by atoms with van der Waals surface area (Å²) in [5.41, 5.74) is 0.999. The van der Waals surface area contributed by atoms with Crippen LogP contribution in [0.5, 0.6) is 0 Å². The lowest BCUT2D eigenvalue weighted by Gasteiger charge is -2.35. The van der Waals surface area contributed by atoms with Crippen LogP contribution in [-0.4, -0.2) is 33.1 Å². The SMILES string of the molecule is CC(C)(C)OC(=O)N(Sc1ccc(C2CC2(C)C)cc1)C(C)(C)C.O=CO. The van der Waals surface area contributed by atoms with E-state index in [1.807, 2.05) is 41.5 Å². The molecule has 1 N–H and O–H groups in total. The van der Waals surface area contributed by atoms with Gasteiger partial charge in [0.05, 0.1) is 0 Å². The standard InChI is InChI=1S/C20H31NO2S.CH2O2/c1-18(2,3)21(17(22)23-19(4,5)6)24-15-11-9-14(10-12-15)16-13-20(16,7)8;2-1-3/h9-12,16H,13H2,1-8H3;1H,(H,2,3). The normalized spacial score (nSPS) is 18.0. The van der Waals surface area contributed by atoms with Crippen molar-refractivity contribution in [3.63, 3.8) is 0 Å².